The van der Waals surface area contributed by atoms with Crippen molar-refractivity contribution in [2.45, 2.75) is 19.2 Å². The summed E-state index contributed by atoms with van der Waals surface area (Å²) >= 11 is 0. The van der Waals surface area contributed by atoms with Crippen LogP contribution in [0.2, 0.25) is 0 Å². The molecule has 1 heterocycles. The second kappa shape index (κ2) is 6.12. The van der Waals surface area contributed by atoms with Crippen molar-refractivity contribution in [1.82, 2.24) is 10.2 Å². The van der Waals surface area contributed by atoms with Crippen molar-refractivity contribution in [3.8, 4) is 0 Å². The lowest BCUT2D eigenvalue weighted by molar-refractivity contribution is 0.183. The molecule has 17 heavy (non-hydrogen) atoms. The number of rotatable bonds is 4. The van der Waals surface area contributed by atoms with E-state index in [1.807, 2.05) is 12.1 Å². The Morgan fingerprint density at radius 2 is 2.00 bits per heavy atom. The summed E-state index contributed by atoms with van der Waals surface area (Å²) in [7, 11) is 0. The van der Waals surface area contributed by atoms with Gasteiger partial charge < -0.3 is 16.2 Å². The molecule has 2 rings (SSSR count). The molecule has 1 unspecified atom stereocenters. The minimum absolute atomic E-state index is 0.523. The highest BCUT2D eigenvalue weighted by Gasteiger charge is 2.10. The fourth-order valence-electron chi connectivity index (χ4n) is 2.22. The molecule has 4 N–H and O–H groups in total. The molecule has 0 spiro atoms. The summed E-state index contributed by atoms with van der Waals surface area (Å²) in [6.45, 7) is 5.33. The molecule has 1 aliphatic heterocycles. The predicted molar refractivity (Wildman–Crippen MR) is 68.5 cm³/mol. The van der Waals surface area contributed by atoms with E-state index in [9.17, 15) is 5.11 Å². The zero-order chi connectivity index (χ0) is 12.1. The Labute approximate surface area is 102 Å². The number of benzene rings is 1. The van der Waals surface area contributed by atoms with Gasteiger partial charge in [-0.25, -0.2) is 0 Å². The largest absolute Gasteiger partial charge is 0.378 e. The van der Waals surface area contributed by atoms with E-state index in [1.165, 1.54) is 5.56 Å². The third kappa shape index (κ3) is 4.09. The summed E-state index contributed by atoms with van der Waals surface area (Å²) in [5.74, 6) is 0. The average Bonchev–Trinajstić information content (AvgIpc) is 2.30. The van der Waals surface area contributed by atoms with Crippen LogP contribution in [0.5, 0.6) is 0 Å². The van der Waals surface area contributed by atoms with E-state index in [-0.39, 0.29) is 0 Å². The number of aliphatic hydroxyl groups is 1. The third-order valence-corrected chi connectivity index (χ3v) is 3.05. The number of hydrogen-bond donors (Lipinski definition) is 3. The van der Waals surface area contributed by atoms with Crippen LogP contribution in [0.3, 0.4) is 0 Å². The van der Waals surface area contributed by atoms with Crippen LogP contribution in [0.15, 0.2) is 24.3 Å². The number of nitrogens with zero attached hydrogens (tertiary/aromatic N) is 1. The van der Waals surface area contributed by atoms with Gasteiger partial charge in [0.1, 0.15) is 6.23 Å². The molecular weight excluding hydrogens is 214 g/mol. The Morgan fingerprint density at radius 1 is 1.29 bits per heavy atom. The maximum absolute atomic E-state index is 9.18. The van der Waals surface area contributed by atoms with Gasteiger partial charge in [-0.2, -0.15) is 0 Å². The van der Waals surface area contributed by atoms with Crippen LogP contribution in [-0.2, 0) is 13.0 Å². The first-order chi connectivity index (χ1) is 8.24. The summed E-state index contributed by atoms with van der Waals surface area (Å²) in [5.41, 5.74) is 7.80. The van der Waals surface area contributed by atoms with Crippen molar-refractivity contribution >= 4 is 0 Å². The van der Waals surface area contributed by atoms with E-state index in [0.717, 1.165) is 38.3 Å². The fourth-order valence-corrected chi connectivity index (χ4v) is 2.22. The molecule has 1 aromatic carbocycles. The van der Waals surface area contributed by atoms with Gasteiger partial charge in [-0.3, -0.25) is 4.90 Å². The topological polar surface area (TPSA) is 61.5 Å². The smallest absolute Gasteiger partial charge is 0.106 e. The quantitative estimate of drug-likeness (QED) is 0.638. The molecule has 0 saturated carbocycles. The summed E-state index contributed by atoms with van der Waals surface area (Å²) < 4.78 is 0. The maximum atomic E-state index is 9.18. The second-order valence-corrected chi connectivity index (χ2v) is 4.62. The van der Waals surface area contributed by atoms with Crippen LogP contribution in [-0.4, -0.2) is 42.4 Å². The van der Waals surface area contributed by atoms with Crippen LogP contribution in [0.1, 0.15) is 11.1 Å². The lowest BCUT2D eigenvalue weighted by atomic mass is 10.1. The summed E-state index contributed by atoms with van der Waals surface area (Å²) in [5, 5.41) is 12.5. The molecule has 1 atom stereocenters. The first-order valence-corrected chi connectivity index (χ1v) is 6.18. The van der Waals surface area contributed by atoms with Gasteiger partial charge in [-0.15, -0.1) is 0 Å². The minimum atomic E-state index is -0.760. The molecule has 4 nitrogen and oxygen atoms in total. The summed E-state index contributed by atoms with van der Waals surface area (Å²) in [6.07, 6.45) is -0.237. The van der Waals surface area contributed by atoms with Crippen LogP contribution < -0.4 is 11.1 Å². The van der Waals surface area contributed by atoms with E-state index in [2.05, 4.69) is 22.3 Å². The van der Waals surface area contributed by atoms with E-state index in [4.69, 9.17) is 5.73 Å². The molecule has 1 fully saturated rings. The Morgan fingerprint density at radius 3 is 2.71 bits per heavy atom. The van der Waals surface area contributed by atoms with E-state index in [1.54, 1.807) is 0 Å². The lowest BCUT2D eigenvalue weighted by Crippen LogP contribution is -2.42. The molecule has 0 radical (unpaired) electrons. The van der Waals surface area contributed by atoms with Gasteiger partial charge in [0.15, 0.2) is 0 Å². The third-order valence-electron chi connectivity index (χ3n) is 3.05. The number of hydrogen-bond acceptors (Lipinski definition) is 4. The predicted octanol–water partition coefficient (Wildman–Crippen LogP) is -0.0886. The molecule has 0 aliphatic carbocycles. The number of nitrogens with two attached hydrogens (primary N) is 1. The molecule has 94 valence electrons. The summed E-state index contributed by atoms with van der Waals surface area (Å²) in [6, 6.07) is 8.32. The van der Waals surface area contributed by atoms with E-state index >= 15 is 0 Å². The molecular formula is C13H21N3O. The van der Waals surface area contributed by atoms with Gasteiger partial charge in [-0.1, -0.05) is 24.3 Å². The average molecular weight is 235 g/mol. The van der Waals surface area contributed by atoms with Crippen molar-refractivity contribution < 1.29 is 5.11 Å². The fraction of sp³-hybridized carbons (Fsp3) is 0.538. The highest BCUT2D eigenvalue weighted by Crippen LogP contribution is 2.10. The monoisotopic (exact) mass is 235 g/mol. The Bertz CT molecular complexity index is 348. The molecule has 0 aromatic heterocycles. The number of piperazine rings is 1. The maximum Gasteiger partial charge on any atom is 0.106 e. The van der Waals surface area contributed by atoms with Gasteiger partial charge in [0, 0.05) is 39.1 Å². The molecule has 0 bridgehead atoms. The highest BCUT2D eigenvalue weighted by molar-refractivity contribution is 5.24. The van der Waals surface area contributed by atoms with Crippen LogP contribution >= 0.6 is 0 Å². The Hall–Kier alpha value is -0.940. The van der Waals surface area contributed by atoms with Crippen LogP contribution in [0, 0.1) is 0 Å². The Kier molecular flexibility index (Phi) is 4.50. The lowest BCUT2D eigenvalue weighted by Gasteiger charge is -2.27. The Balaban J connectivity index is 1.95. The SMILES string of the molecule is NC(O)Cc1cccc(CN2CCNCC2)c1. The van der Waals surface area contributed by atoms with Crippen molar-refractivity contribution in [3.05, 3.63) is 35.4 Å². The number of aliphatic hydroxyl groups excluding tert-OH is 1. The normalized spacial score (nSPS) is 19.2. The first-order valence-electron chi connectivity index (χ1n) is 6.18. The number of nitrogens with one attached hydrogen (secondary N) is 1. The van der Waals surface area contributed by atoms with Gasteiger partial charge in [-0.05, 0) is 11.1 Å². The molecule has 1 aromatic rings. The van der Waals surface area contributed by atoms with Crippen molar-refractivity contribution in [1.29, 1.82) is 0 Å². The van der Waals surface area contributed by atoms with E-state index in [0.29, 0.717) is 6.42 Å². The highest BCUT2D eigenvalue weighted by atomic mass is 16.3. The van der Waals surface area contributed by atoms with Crippen LogP contribution in [0.4, 0.5) is 0 Å². The van der Waals surface area contributed by atoms with Crippen LogP contribution in [0.25, 0.3) is 0 Å². The summed E-state index contributed by atoms with van der Waals surface area (Å²) in [4.78, 5) is 2.44. The van der Waals surface area contributed by atoms with E-state index < -0.39 is 6.23 Å². The van der Waals surface area contributed by atoms with Crippen molar-refractivity contribution in [2.75, 3.05) is 26.2 Å². The first kappa shape index (κ1) is 12.5. The molecule has 1 aliphatic rings. The molecule has 4 heteroatoms. The molecule has 0 amide bonds. The minimum Gasteiger partial charge on any atom is -0.378 e. The standard InChI is InChI=1S/C13H21N3O/c14-13(17)9-11-2-1-3-12(8-11)10-16-6-4-15-5-7-16/h1-3,8,13,15,17H,4-7,9-10,14H2. The van der Waals surface area contributed by atoms with Gasteiger partial charge in [0.25, 0.3) is 0 Å². The van der Waals surface area contributed by atoms with Crippen molar-refractivity contribution in [3.63, 3.8) is 0 Å². The zero-order valence-corrected chi connectivity index (χ0v) is 10.1. The zero-order valence-electron chi connectivity index (χ0n) is 10.1. The van der Waals surface area contributed by atoms with Crippen molar-refractivity contribution in [2.24, 2.45) is 5.73 Å². The second-order valence-electron chi connectivity index (χ2n) is 4.62. The van der Waals surface area contributed by atoms with Gasteiger partial charge >= 0.3 is 0 Å². The van der Waals surface area contributed by atoms with Gasteiger partial charge in [0.2, 0.25) is 0 Å². The van der Waals surface area contributed by atoms with Gasteiger partial charge in [0.05, 0.1) is 0 Å². The molecule has 1 saturated heterocycles.